The van der Waals surface area contributed by atoms with E-state index in [2.05, 4.69) is 47.8 Å². The Morgan fingerprint density at radius 2 is 1.93 bits per heavy atom. The number of rotatable bonds is 1. The predicted octanol–water partition coefficient (Wildman–Crippen LogP) is 3.17. The molecule has 2 heteroatoms. The van der Waals surface area contributed by atoms with Crippen molar-refractivity contribution < 1.29 is 0 Å². The lowest BCUT2D eigenvalue weighted by atomic mass is 10.1. The molecule has 1 N–H and O–H groups in total. The van der Waals surface area contributed by atoms with Gasteiger partial charge in [0.2, 0.25) is 0 Å². The van der Waals surface area contributed by atoms with Gasteiger partial charge < -0.3 is 5.32 Å². The zero-order valence-electron chi connectivity index (χ0n) is 8.44. The van der Waals surface area contributed by atoms with Crippen LogP contribution in [0.25, 0.3) is 10.8 Å². The van der Waals surface area contributed by atoms with Crippen molar-refractivity contribution in [1.29, 1.82) is 0 Å². The van der Waals surface area contributed by atoms with E-state index in [0.717, 1.165) is 6.54 Å². The summed E-state index contributed by atoms with van der Waals surface area (Å²) in [5.74, 6) is 1.22. The van der Waals surface area contributed by atoms with E-state index in [9.17, 15) is 0 Å². The average molecular weight is 215 g/mol. The number of benzene rings is 2. The molecule has 3 rings (SSSR count). The first-order valence-electron chi connectivity index (χ1n) is 5.27. The first kappa shape index (κ1) is 9.25. The highest BCUT2D eigenvalue weighted by Gasteiger charge is 2.16. The van der Waals surface area contributed by atoms with Crippen LogP contribution in [-0.4, -0.2) is 12.3 Å². The number of hydrogen-bond acceptors (Lipinski definition) is 2. The Bertz CT molecular complexity index is 475. The van der Waals surface area contributed by atoms with Crippen molar-refractivity contribution in [2.45, 2.75) is 5.37 Å². The smallest absolute Gasteiger partial charge is 0.0790 e. The summed E-state index contributed by atoms with van der Waals surface area (Å²) in [6.07, 6.45) is 0. The summed E-state index contributed by atoms with van der Waals surface area (Å²) < 4.78 is 0. The normalized spacial score (nSPS) is 20.9. The van der Waals surface area contributed by atoms with E-state index in [1.807, 2.05) is 11.8 Å². The Labute approximate surface area is 93.9 Å². The van der Waals surface area contributed by atoms with Crippen molar-refractivity contribution >= 4 is 22.5 Å². The van der Waals surface area contributed by atoms with Crippen LogP contribution in [0.2, 0.25) is 0 Å². The topological polar surface area (TPSA) is 12.0 Å². The lowest BCUT2D eigenvalue weighted by Gasteiger charge is -2.10. The second kappa shape index (κ2) is 3.87. The Hall–Kier alpha value is -0.990. The molecule has 1 fully saturated rings. The van der Waals surface area contributed by atoms with Gasteiger partial charge in [-0.2, -0.15) is 0 Å². The molecule has 2 aromatic carbocycles. The van der Waals surface area contributed by atoms with Gasteiger partial charge in [-0.25, -0.2) is 0 Å². The highest BCUT2D eigenvalue weighted by Crippen LogP contribution is 2.31. The van der Waals surface area contributed by atoms with Gasteiger partial charge >= 0.3 is 0 Å². The molecule has 1 saturated heterocycles. The zero-order valence-corrected chi connectivity index (χ0v) is 9.26. The summed E-state index contributed by atoms with van der Waals surface area (Å²) in [5.41, 5.74) is 1.40. The maximum Gasteiger partial charge on any atom is 0.0790 e. The van der Waals surface area contributed by atoms with Crippen molar-refractivity contribution in [3.8, 4) is 0 Å². The van der Waals surface area contributed by atoms with Crippen LogP contribution in [0.5, 0.6) is 0 Å². The Morgan fingerprint density at radius 3 is 2.73 bits per heavy atom. The zero-order chi connectivity index (χ0) is 10.1. The minimum atomic E-state index is 0.495. The average Bonchev–Trinajstić information content (AvgIpc) is 2.82. The summed E-state index contributed by atoms with van der Waals surface area (Å²) >= 11 is 1.99. The minimum Gasteiger partial charge on any atom is -0.301 e. The molecule has 0 spiro atoms. The van der Waals surface area contributed by atoms with Crippen molar-refractivity contribution in [2.75, 3.05) is 12.3 Å². The fourth-order valence-corrected chi connectivity index (χ4v) is 3.06. The van der Waals surface area contributed by atoms with E-state index in [1.54, 1.807) is 0 Å². The summed E-state index contributed by atoms with van der Waals surface area (Å²) in [7, 11) is 0. The second-order valence-corrected chi connectivity index (χ2v) is 5.02. The van der Waals surface area contributed by atoms with Gasteiger partial charge in [0.1, 0.15) is 0 Å². The van der Waals surface area contributed by atoms with Crippen molar-refractivity contribution in [3.05, 3.63) is 48.0 Å². The third-order valence-corrected chi connectivity index (χ3v) is 4.00. The third-order valence-electron chi connectivity index (χ3n) is 2.79. The fourth-order valence-electron chi connectivity index (χ4n) is 2.01. The molecule has 1 aliphatic rings. The van der Waals surface area contributed by atoms with E-state index in [0.29, 0.717) is 5.37 Å². The third kappa shape index (κ3) is 1.75. The van der Waals surface area contributed by atoms with Crippen molar-refractivity contribution in [2.24, 2.45) is 0 Å². The van der Waals surface area contributed by atoms with Gasteiger partial charge in [-0.1, -0.05) is 36.4 Å². The van der Waals surface area contributed by atoms with E-state index >= 15 is 0 Å². The summed E-state index contributed by atoms with van der Waals surface area (Å²) in [4.78, 5) is 0. The molecule has 0 unspecified atom stereocenters. The quantitative estimate of drug-likeness (QED) is 0.784. The fraction of sp³-hybridized carbons (Fsp3) is 0.231. The molecule has 1 heterocycles. The van der Waals surface area contributed by atoms with Crippen LogP contribution in [0, 0.1) is 0 Å². The van der Waals surface area contributed by atoms with Crippen LogP contribution in [0.1, 0.15) is 10.9 Å². The molecule has 1 aliphatic heterocycles. The molecule has 1 atom stereocenters. The Kier molecular flexibility index (Phi) is 2.39. The lowest BCUT2D eigenvalue weighted by molar-refractivity contribution is 0.752. The highest BCUT2D eigenvalue weighted by molar-refractivity contribution is 7.99. The molecular formula is C13H13NS. The monoisotopic (exact) mass is 215 g/mol. The summed E-state index contributed by atoms with van der Waals surface area (Å²) in [5, 5.41) is 6.66. The van der Waals surface area contributed by atoms with Gasteiger partial charge in [0.25, 0.3) is 0 Å². The van der Waals surface area contributed by atoms with Crippen LogP contribution >= 0.6 is 11.8 Å². The van der Waals surface area contributed by atoms with E-state index in [4.69, 9.17) is 0 Å². The molecule has 0 saturated carbocycles. The molecule has 76 valence electrons. The van der Waals surface area contributed by atoms with E-state index in [-0.39, 0.29) is 0 Å². The maximum atomic E-state index is 3.50. The highest BCUT2D eigenvalue weighted by atomic mass is 32.2. The number of fused-ring (bicyclic) bond motifs is 1. The first-order valence-corrected chi connectivity index (χ1v) is 6.32. The van der Waals surface area contributed by atoms with Gasteiger partial charge in [0, 0.05) is 12.3 Å². The molecule has 0 radical (unpaired) electrons. The van der Waals surface area contributed by atoms with Crippen molar-refractivity contribution in [1.82, 2.24) is 5.32 Å². The minimum absolute atomic E-state index is 0.495. The predicted molar refractivity (Wildman–Crippen MR) is 67.1 cm³/mol. The molecule has 1 nitrogen and oxygen atoms in total. The van der Waals surface area contributed by atoms with Gasteiger partial charge in [-0.3, -0.25) is 0 Å². The van der Waals surface area contributed by atoms with E-state index in [1.165, 1.54) is 22.1 Å². The molecule has 15 heavy (non-hydrogen) atoms. The van der Waals surface area contributed by atoms with Crippen LogP contribution in [0.4, 0.5) is 0 Å². The Balaban J connectivity index is 2.05. The summed E-state index contributed by atoms with van der Waals surface area (Å²) in [6.45, 7) is 1.13. The molecule has 0 aromatic heterocycles. The second-order valence-electron chi connectivity index (χ2n) is 3.81. The van der Waals surface area contributed by atoms with Crippen LogP contribution in [-0.2, 0) is 0 Å². The largest absolute Gasteiger partial charge is 0.301 e. The molecule has 0 aliphatic carbocycles. The lowest BCUT2D eigenvalue weighted by Crippen LogP contribution is -2.11. The number of thioether (sulfide) groups is 1. The van der Waals surface area contributed by atoms with Crippen molar-refractivity contribution in [3.63, 3.8) is 0 Å². The Morgan fingerprint density at radius 1 is 1.07 bits per heavy atom. The number of hydrogen-bond donors (Lipinski definition) is 1. The molecular weight excluding hydrogens is 202 g/mol. The standard InChI is InChI=1S/C13H13NS/c1-2-4-11-9-12(6-5-10(11)3-1)13-14-7-8-15-13/h1-6,9,13-14H,7-8H2/t13-/m0/s1. The van der Waals surface area contributed by atoms with E-state index < -0.39 is 0 Å². The van der Waals surface area contributed by atoms with Gasteiger partial charge in [0.05, 0.1) is 5.37 Å². The molecule has 0 amide bonds. The molecule has 2 aromatic rings. The van der Waals surface area contributed by atoms with Crippen LogP contribution in [0.15, 0.2) is 42.5 Å². The maximum absolute atomic E-state index is 3.50. The SMILES string of the molecule is c1ccc2cc([C@H]3NCCS3)ccc2c1. The van der Waals surface area contributed by atoms with Gasteiger partial charge in [-0.15, -0.1) is 11.8 Å². The number of nitrogens with one attached hydrogen (secondary N) is 1. The molecule has 0 bridgehead atoms. The summed E-state index contributed by atoms with van der Waals surface area (Å²) in [6, 6.07) is 15.3. The first-order chi connectivity index (χ1) is 7.43. The van der Waals surface area contributed by atoms with Crippen LogP contribution < -0.4 is 5.32 Å². The van der Waals surface area contributed by atoms with Gasteiger partial charge in [0.15, 0.2) is 0 Å². The van der Waals surface area contributed by atoms with Gasteiger partial charge in [-0.05, 0) is 22.4 Å². The van der Waals surface area contributed by atoms with Crippen LogP contribution in [0.3, 0.4) is 0 Å².